The minimum Gasteiger partial charge on any atom is -0.759 e. The summed E-state index contributed by atoms with van der Waals surface area (Å²) < 4.78 is 5.03. The Kier molecular flexibility index (Phi) is 4.09. The number of hydrogen-bond acceptors (Lipinski definition) is 4. The van der Waals surface area contributed by atoms with Crippen molar-refractivity contribution in [2.24, 2.45) is 11.3 Å². The molecule has 5 nitrogen and oxygen atoms in total. The zero-order chi connectivity index (χ0) is 14.8. The lowest BCUT2D eigenvalue weighted by molar-refractivity contribution is 0.0961. The molecule has 1 unspecified atom stereocenters. The Morgan fingerprint density at radius 1 is 1.60 bits per heavy atom. The molecule has 20 heavy (non-hydrogen) atoms. The van der Waals surface area contributed by atoms with Crippen LogP contribution in [0.25, 0.3) is 6.08 Å². The van der Waals surface area contributed by atoms with Crippen molar-refractivity contribution in [3.8, 4) is 0 Å². The number of aromatic nitrogens is 1. The minimum atomic E-state index is -0.789. The third kappa shape index (κ3) is 2.99. The summed E-state index contributed by atoms with van der Waals surface area (Å²) in [6.07, 6.45) is 8.39. The molecule has 1 heterocycles. The van der Waals surface area contributed by atoms with Gasteiger partial charge < -0.3 is 15.2 Å². The Balaban J connectivity index is 2.16. The Bertz CT molecular complexity index is 555. The van der Waals surface area contributed by atoms with Crippen molar-refractivity contribution in [2.75, 3.05) is 0 Å². The maximum absolute atomic E-state index is 11.1. The Hall–Kier alpha value is -1.88. The van der Waals surface area contributed by atoms with Crippen LogP contribution >= 0.6 is 0 Å². The van der Waals surface area contributed by atoms with Crippen molar-refractivity contribution in [2.45, 2.75) is 33.6 Å². The summed E-state index contributed by atoms with van der Waals surface area (Å²) in [7, 11) is 0. The highest BCUT2D eigenvalue weighted by Crippen LogP contribution is 2.41. The number of hydrogen-bond donors (Lipinski definition) is 1. The monoisotopic (exact) mass is 275 g/mol. The summed E-state index contributed by atoms with van der Waals surface area (Å²) in [6.45, 7) is 6.62. The molecule has 108 valence electrons. The van der Waals surface area contributed by atoms with Gasteiger partial charge in [-0.3, -0.25) is 4.79 Å². The van der Waals surface area contributed by atoms with Crippen LogP contribution in [-0.2, 0) is 0 Å². The van der Waals surface area contributed by atoms with E-state index in [4.69, 9.17) is 4.52 Å². The van der Waals surface area contributed by atoms with Gasteiger partial charge in [0.1, 0.15) is 0 Å². The number of nitrogens with one attached hydrogen (secondary N) is 1. The molecule has 1 aromatic heterocycles. The average Bonchev–Trinajstić information content (AvgIpc) is 2.85. The van der Waals surface area contributed by atoms with Gasteiger partial charge in [-0.1, -0.05) is 36.7 Å². The molecular formula is C15H19N2O3-. The molecule has 2 rings (SSSR count). The van der Waals surface area contributed by atoms with Crippen LogP contribution in [0, 0.1) is 16.5 Å². The van der Waals surface area contributed by atoms with Crippen LogP contribution < -0.4 is 5.48 Å². The third-order valence-electron chi connectivity index (χ3n) is 3.89. The highest BCUT2D eigenvalue weighted by molar-refractivity contribution is 5.92. The van der Waals surface area contributed by atoms with Crippen LogP contribution in [0.5, 0.6) is 0 Å². The SMILES string of the molecule is CC1=CCCC(C)(C)C1/C=C/c1cc(C(=O)N[O-])no1. The first-order chi connectivity index (χ1) is 9.44. The van der Waals surface area contributed by atoms with Gasteiger partial charge in [0.25, 0.3) is 5.91 Å². The molecule has 5 heteroatoms. The summed E-state index contributed by atoms with van der Waals surface area (Å²) in [5.74, 6) is 0.0124. The number of carbonyl (C=O) groups excluding carboxylic acids is 1. The minimum absolute atomic E-state index is 0.00480. The first-order valence-electron chi connectivity index (χ1n) is 6.68. The van der Waals surface area contributed by atoms with Crippen LogP contribution in [-0.4, -0.2) is 11.1 Å². The van der Waals surface area contributed by atoms with Gasteiger partial charge in [0.15, 0.2) is 11.5 Å². The van der Waals surface area contributed by atoms with E-state index in [2.05, 4.69) is 38.1 Å². The Morgan fingerprint density at radius 3 is 3.00 bits per heavy atom. The standard InChI is InChI=1S/C15H19N2O3/c1-10-5-4-8-15(2,3)12(10)7-6-11-9-13(17-20-11)14(18)16-19/h5-7,9,12H,4,8H2,1-3H3,(H-,16,17,18,19)/q-1/b7-6+. The molecule has 1 N–H and O–H groups in total. The van der Waals surface area contributed by atoms with Crippen LogP contribution in [0.15, 0.2) is 28.3 Å². The van der Waals surface area contributed by atoms with E-state index in [1.807, 2.05) is 6.08 Å². The van der Waals surface area contributed by atoms with Gasteiger partial charge in [-0.05, 0) is 31.3 Å². The number of allylic oxidation sites excluding steroid dienone is 3. The molecule has 0 saturated carbocycles. The summed E-state index contributed by atoms with van der Waals surface area (Å²) in [5.41, 5.74) is 2.81. The van der Waals surface area contributed by atoms with E-state index in [1.54, 1.807) is 0 Å². The largest absolute Gasteiger partial charge is 0.759 e. The summed E-state index contributed by atoms with van der Waals surface area (Å²) >= 11 is 0. The van der Waals surface area contributed by atoms with Gasteiger partial charge in [-0.15, -0.1) is 0 Å². The van der Waals surface area contributed by atoms with Crippen LogP contribution in [0.4, 0.5) is 0 Å². The smallest absolute Gasteiger partial charge is 0.262 e. The van der Waals surface area contributed by atoms with Crippen molar-refractivity contribution in [1.29, 1.82) is 0 Å². The van der Waals surface area contributed by atoms with E-state index in [-0.39, 0.29) is 11.1 Å². The number of carbonyl (C=O) groups is 1. The molecule has 0 aliphatic heterocycles. The molecule has 1 aromatic rings. The van der Waals surface area contributed by atoms with Gasteiger partial charge in [0.2, 0.25) is 0 Å². The number of amides is 1. The maximum atomic E-state index is 11.1. The van der Waals surface area contributed by atoms with E-state index in [0.29, 0.717) is 11.7 Å². The molecule has 0 fully saturated rings. The molecule has 1 aliphatic rings. The molecule has 1 aliphatic carbocycles. The maximum Gasteiger partial charge on any atom is 0.262 e. The topological polar surface area (TPSA) is 78.2 Å². The van der Waals surface area contributed by atoms with Crippen LogP contribution in [0.1, 0.15) is 49.9 Å². The molecule has 1 atom stereocenters. The Labute approximate surface area is 118 Å². The van der Waals surface area contributed by atoms with E-state index >= 15 is 0 Å². The summed E-state index contributed by atoms with van der Waals surface area (Å²) in [5, 5.41) is 13.8. The highest BCUT2D eigenvalue weighted by atomic mass is 16.5. The van der Waals surface area contributed by atoms with Crippen molar-refractivity contribution in [3.05, 3.63) is 40.5 Å². The quantitative estimate of drug-likeness (QED) is 0.678. The average molecular weight is 275 g/mol. The predicted octanol–water partition coefficient (Wildman–Crippen LogP) is 3.30. The third-order valence-corrected chi connectivity index (χ3v) is 3.89. The van der Waals surface area contributed by atoms with Gasteiger partial charge in [0.05, 0.1) is 0 Å². The van der Waals surface area contributed by atoms with Crippen molar-refractivity contribution < 1.29 is 9.32 Å². The van der Waals surface area contributed by atoms with E-state index in [0.717, 1.165) is 12.8 Å². The molecule has 0 aromatic carbocycles. The lowest BCUT2D eigenvalue weighted by Crippen LogP contribution is -2.26. The second kappa shape index (κ2) is 5.63. The number of nitrogens with zero attached hydrogens (tertiary/aromatic N) is 1. The zero-order valence-corrected chi connectivity index (χ0v) is 12.0. The summed E-state index contributed by atoms with van der Waals surface area (Å²) in [6, 6.07) is 1.46. The fourth-order valence-electron chi connectivity index (χ4n) is 2.70. The van der Waals surface area contributed by atoms with E-state index in [9.17, 15) is 10.0 Å². The molecular weight excluding hydrogens is 256 g/mol. The zero-order valence-electron chi connectivity index (χ0n) is 12.0. The first-order valence-corrected chi connectivity index (χ1v) is 6.68. The van der Waals surface area contributed by atoms with E-state index < -0.39 is 5.91 Å². The fourth-order valence-corrected chi connectivity index (χ4v) is 2.70. The lowest BCUT2D eigenvalue weighted by Gasteiger charge is -2.36. The molecule has 0 radical (unpaired) electrons. The fraction of sp³-hybridized carbons (Fsp3) is 0.467. The van der Waals surface area contributed by atoms with Crippen LogP contribution in [0.3, 0.4) is 0 Å². The first kappa shape index (κ1) is 14.5. The van der Waals surface area contributed by atoms with E-state index in [1.165, 1.54) is 17.1 Å². The lowest BCUT2D eigenvalue weighted by atomic mass is 9.68. The number of rotatable bonds is 3. The van der Waals surface area contributed by atoms with Gasteiger partial charge >= 0.3 is 0 Å². The molecule has 0 saturated heterocycles. The normalized spacial score (nSPS) is 21.8. The molecule has 0 spiro atoms. The highest BCUT2D eigenvalue weighted by Gasteiger charge is 2.30. The predicted molar refractivity (Wildman–Crippen MR) is 76.6 cm³/mol. The van der Waals surface area contributed by atoms with Gasteiger partial charge in [-0.25, -0.2) is 0 Å². The molecule has 1 amide bonds. The summed E-state index contributed by atoms with van der Waals surface area (Å²) in [4.78, 5) is 11.1. The molecule has 0 bridgehead atoms. The van der Waals surface area contributed by atoms with Gasteiger partial charge in [0, 0.05) is 12.0 Å². The van der Waals surface area contributed by atoms with Crippen LogP contribution in [0.2, 0.25) is 0 Å². The second-order valence-corrected chi connectivity index (χ2v) is 5.86. The Morgan fingerprint density at radius 2 is 2.35 bits per heavy atom. The van der Waals surface area contributed by atoms with Gasteiger partial charge in [-0.2, -0.15) is 0 Å². The van der Waals surface area contributed by atoms with Crippen molar-refractivity contribution in [1.82, 2.24) is 10.6 Å². The second-order valence-electron chi connectivity index (χ2n) is 5.86. The number of hydroxylamine groups is 1. The van der Waals surface area contributed by atoms with Crippen molar-refractivity contribution >= 4 is 12.0 Å². The van der Waals surface area contributed by atoms with Crippen molar-refractivity contribution in [3.63, 3.8) is 0 Å².